The second-order valence-electron chi connectivity index (χ2n) is 4.49. The van der Waals surface area contributed by atoms with Crippen LogP contribution < -0.4 is 5.32 Å². The van der Waals surface area contributed by atoms with Crippen molar-refractivity contribution in [3.8, 4) is 0 Å². The van der Waals surface area contributed by atoms with Gasteiger partial charge in [0.1, 0.15) is 6.54 Å². The summed E-state index contributed by atoms with van der Waals surface area (Å²) in [5.74, 6) is -0.651. The molecule has 0 aliphatic rings. The molecule has 0 saturated carbocycles. The molecule has 0 bridgehead atoms. The van der Waals surface area contributed by atoms with Gasteiger partial charge in [0, 0.05) is 27.3 Å². The van der Waals surface area contributed by atoms with E-state index >= 15 is 0 Å². The lowest BCUT2D eigenvalue weighted by Gasteiger charge is -2.10. The quantitative estimate of drug-likeness (QED) is 0.539. The van der Waals surface area contributed by atoms with Gasteiger partial charge in [-0.15, -0.1) is 0 Å². The van der Waals surface area contributed by atoms with Crippen molar-refractivity contribution >= 4 is 49.1 Å². The molecule has 0 unspecified atom stereocenters. The Bertz CT molecular complexity index is 784. The molecule has 0 atom stereocenters. The van der Waals surface area contributed by atoms with Gasteiger partial charge in [0.05, 0.1) is 10.6 Å². The van der Waals surface area contributed by atoms with Gasteiger partial charge in [-0.25, -0.2) is 0 Å². The minimum Gasteiger partial charge on any atom is -0.323 e. The minimum atomic E-state index is -4.59. The number of hydrogen-bond acceptors (Lipinski definition) is 4. The Morgan fingerprint density at radius 1 is 1.33 bits per heavy atom. The highest BCUT2D eigenvalue weighted by Crippen LogP contribution is 2.35. The summed E-state index contributed by atoms with van der Waals surface area (Å²) in [5, 5.41) is 16.4. The number of hydrogen-bond donors (Lipinski definition) is 1. The normalized spacial score (nSPS) is 11.4. The number of rotatable bonds is 4. The van der Waals surface area contributed by atoms with Gasteiger partial charge in [-0.05, 0) is 37.9 Å². The summed E-state index contributed by atoms with van der Waals surface area (Å²) in [6, 6.07) is 3.14. The van der Waals surface area contributed by atoms with Gasteiger partial charge >= 0.3 is 6.18 Å². The van der Waals surface area contributed by atoms with Gasteiger partial charge in [0.15, 0.2) is 5.69 Å². The van der Waals surface area contributed by atoms with Crippen LogP contribution in [-0.4, -0.2) is 20.6 Å². The summed E-state index contributed by atoms with van der Waals surface area (Å²) >= 11 is 6.18. The van der Waals surface area contributed by atoms with Crippen LogP contribution in [-0.2, 0) is 17.5 Å². The van der Waals surface area contributed by atoms with Crippen LogP contribution in [0.5, 0.6) is 0 Å². The first-order valence-corrected chi connectivity index (χ1v) is 7.70. The van der Waals surface area contributed by atoms with Gasteiger partial charge in [-0.2, -0.15) is 18.3 Å². The number of nitro benzene ring substituents is 1. The summed E-state index contributed by atoms with van der Waals surface area (Å²) in [7, 11) is 0. The number of nitrogens with one attached hydrogen (secondary N) is 1. The predicted octanol–water partition coefficient (Wildman–Crippen LogP) is 3.97. The van der Waals surface area contributed by atoms with Crippen LogP contribution in [0.4, 0.5) is 24.5 Å². The zero-order valence-electron chi connectivity index (χ0n) is 11.5. The van der Waals surface area contributed by atoms with E-state index in [1.807, 2.05) is 0 Å². The molecule has 0 aliphatic heterocycles. The summed E-state index contributed by atoms with van der Waals surface area (Å²) in [4.78, 5) is 22.1. The van der Waals surface area contributed by atoms with Gasteiger partial charge in [0.25, 0.3) is 5.69 Å². The van der Waals surface area contributed by atoms with E-state index in [4.69, 9.17) is 0 Å². The fourth-order valence-electron chi connectivity index (χ4n) is 1.71. The monoisotopic (exact) mass is 470 g/mol. The second kappa shape index (κ2) is 6.89. The zero-order chi connectivity index (χ0) is 18.1. The molecule has 2 rings (SSSR count). The molecule has 24 heavy (non-hydrogen) atoms. The molecule has 0 fully saturated rings. The Labute approximate surface area is 149 Å². The molecule has 128 valence electrons. The first-order chi connectivity index (χ1) is 11.1. The first-order valence-electron chi connectivity index (χ1n) is 6.12. The smallest absolute Gasteiger partial charge is 0.323 e. The number of amides is 1. The van der Waals surface area contributed by atoms with E-state index in [1.165, 1.54) is 12.1 Å². The lowest BCUT2D eigenvalue weighted by Crippen LogP contribution is -2.20. The Morgan fingerprint density at radius 2 is 1.92 bits per heavy atom. The third-order valence-electron chi connectivity index (χ3n) is 2.74. The minimum absolute atomic E-state index is 0.200. The SMILES string of the molecule is O=C(Cn1ccc(C(F)(F)F)n1)Nc1c(Br)cc([N+](=O)[O-])cc1Br. The summed E-state index contributed by atoms with van der Waals surface area (Å²) < 4.78 is 38.7. The number of aromatic nitrogens is 2. The van der Waals surface area contributed by atoms with Crippen LogP contribution in [0.15, 0.2) is 33.3 Å². The van der Waals surface area contributed by atoms with E-state index in [0.717, 1.165) is 16.9 Å². The number of carbonyl (C=O) groups excluding carboxylic acids is 1. The van der Waals surface area contributed by atoms with Crippen LogP contribution in [0.1, 0.15) is 5.69 Å². The largest absolute Gasteiger partial charge is 0.435 e. The standard InChI is InChI=1S/C12H7Br2F3N4O3/c13-7-3-6(21(23)24)4-8(14)11(7)18-10(22)5-20-2-1-9(19-20)12(15,16)17/h1-4H,5H2,(H,18,22). The van der Waals surface area contributed by atoms with E-state index in [9.17, 15) is 28.1 Å². The fraction of sp³-hybridized carbons (Fsp3) is 0.167. The van der Waals surface area contributed by atoms with E-state index in [0.29, 0.717) is 0 Å². The van der Waals surface area contributed by atoms with E-state index in [2.05, 4.69) is 42.3 Å². The van der Waals surface area contributed by atoms with Crippen molar-refractivity contribution in [1.29, 1.82) is 0 Å². The molecular weight excluding hydrogens is 465 g/mol. The van der Waals surface area contributed by atoms with Crippen molar-refractivity contribution in [1.82, 2.24) is 9.78 Å². The fourth-order valence-corrected chi connectivity index (χ4v) is 3.07. The predicted molar refractivity (Wildman–Crippen MR) is 84.4 cm³/mol. The highest BCUT2D eigenvalue weighted by atomic mass is 79.9. The van der Waals surface area contributed by atoms with Crippen molar-refractivity contribution in [3.63, 3.8) is 0 Å². The molecule has 12 heteroatoms. The molecule has 0 spiro atoms. The Hall–Kier alpha value is -1.95. The van der Waals surface area contributed by atoms with Crippen molar-refractivity contribution in [3.05, 3.63) is 49.1 Å². The average molecular weight is 472 g/mol. The van der Waals surface area contributed by atoms with Gasteiger partial charge < -0.3 is 5.32 Å². The average Bonchev–Trinajstić information content (AvgIpc) is 2.91. The van der Waals surface area contributed by atoms with Gasteiger partial charge in [-0.3, -0.25) is 19.6 Å². The van der Waals surface area contributed by atoms with E-state index in [-0.39, 0.29) is 20.3 Å². The van der Waals surface area contributed by atoms with E-state index in [1.54, 1.807) is 0 Å². The zero-order valence-corrected chi connectivity index (χ0v) is 14.6. The summed E-state index contributed by atoms with van der Waals surface area (Å²) in [6.07, 6.45) is -3.56. The maximum atomic E-state index is 12.5. The molecule has 1 N–H and O–H groups in total. The molecule has 1 aromatic heterocycles. The third-order valence-corrected chi connectivity index (χ3v) is 3.99. The Morgan fingerprint density at radius 3 is 2.38 bits per heavy atom. The summed E-state index contributed by atoms with van der Waals surface area (Å²) in [6.45, 7) is -0.452. The molecular formula is C12H7Br2F3N4O3. The van der Waals surface area contributed by atoms with Crippen LogP contribution in [0.2, 0.25) is 0 Å². The number of halogens is 5. The highest BCUT2D eigenvalue weighted by molar-refractivity contribution is 9.11. The topological polar surface area (TPSA) is 90.1 Å². The number of non-ortho nitro benzene ring substituents is 1. The van der Waals surface area contributed by atoms with Crippen molar-refractivity contribution in [2.45, 2.75) is 12.7 Å². The molecule has 0 radical (unpaired) electrons. The molecule has 2 aromatic rings. The molecule has 0 aliphatic carbocycles. The number of carbonyl (C=O) groups is 1. The lowest BCUT2D eigenvalue weighted by atomic mass is 10.3. The van der Waals surface area contributed by atoms with Gasteiger partial charge in [0.2, 0.25) is 5.91 Å². The van der Waals surface area contributed by atoms with Crippen molar-refractivity contribution in [2.75, 3.05) is 5.32 Å². The molecule has 1 aromatic carbocycles. The maximum absolute atomic E-state index is 12.5. The number of nitrogens with zero attached hydrogens (tertiary/aromatic N) is 3. The van der Waals surface area contributed by atoms with Crippen LogP contribution in [0.3, 0.4) is 0 Å². The third kappa shape index (κ3) is 4.32. The Kier molecular flexibility index (Phi) is 5.28. The molecule has 1 amide bonds. The lowest BCUT2D eigenvalue weighted by molar-refractivity contribution is -0.385. The molecule has 0 saturated heterocycles. The number of nitro groups is 1. The number of benzene rings is 1. The van der Waals surface area contributed by atoms with Gasteiger partial charge in [-0.1, -0.05) is 0 Å². The molecule has 7 nitrogen and oxygen atoms in total. The van der Waals surface area contributed by atoms with E-state index < -0.39 is 29.2 Å². The Balaban J connectivity index is 2.13. The highest BCUT2D eigenvalue weighted by Gasteiger charge is 2.33. The van der Waals surface area contributed by atoms with Crippen LogP contribution in [0, 0.1) is 10.1 Å². The number of anilines is 1. The van der Waals surface area contributed by atoms with Crippen molar-refractivity contribution < 1.29 is 22.9 Å². The van der Waals surface area contributed by atoms with Crippen LogP contribution in [0.25, 0.3) is 0 Å². The second-order valence-corrected chi connectivity index (χ2v) is 6.19. The van der Waals surface area contributed by atoms with Crippen LogP contribution >= 0.6 is 31.9 Å². The number of alkyl halides is 3. The maximum Gasteiger partial charge on any atom is 0.435 e. The first kappa shape index (κ1) is 18.4. The molecule has 1 heterocycles. The van der Waals surface area contributed by atoms with Crippen molar-refractivity contribution in [2.24, 2.45) is 0 Å². The summed E-state index contributed by atoms with van der Waals surface area (Å²) in [5.41, 5.74) is -1.09.